The summed E-state index contributed by atoms with van der Waals surface area (Å²) in [5, 5.41) is 3.41. The number of hydrogen-bond donors (Lipinski definition) is 2. The predicted molar refractivity (Wildman–Crippen MR) is 77.5 cm³/mol. The fourth-order valence-electron chi connectivity index (χ4n) is 1.73. The number of carbonyl (C=O) groups is 1. The molecule has 2 rings (SSSR count). The van der Waals surface area contributed by atoms with Crippen LogP contribution in [0.1, 0.15) is 22.0 Å². The minimum atomic E-state index is -0.379. The Morgan fingerprint density at radius 1 is 1.26 bits per heavy atom. The zero-order valence-corrected chi connectivity index (χ0v) is 11.7. The molecule has 1 aromatic heterocycles. The van der Waals surface area contributed by atoms with Gasteiger partial charge < -0.3 is 10.3 Å². The highest BCUT2D eigenvalue weighted by Gasteiger charge is 2.16. The zero-order chi connectivity index (χ0) is 13.7. The zero-order valence-electron chi connectivity index (χ0n) is 10.1. The molecular weight excluding hydrogens is 308 g/mol. The molecule has 4 nitrogen and oxygen atoms in total. The van der Waals surface area contributed by atoms with Crippen molar-refractivity contribution in [3.8, 4) is 0 Å². The van der Waals surface area contributed by atoms with E-state index < -0.39 is 0 Å². The quantitative estimate of drug-likeness (QED) is 0.849. The van der Waals surface area contributed by atoms with E-state index in [9.17, 15) is 9.59 Å². The Hall–Kier alpha value is -1.88. The van der Waals surface area contributed by atoms with Crippen LogP contribution in [0.25, 0.3) is 0 Å². The summed E-state index contributed by atoms with van der Waals surface area (Å²) in [5.41, 5.74) is 0.807. The van der Waals surface area contributed by atoms with Crippen molar-refractivity contribution < 1.29 is 4.79 Å². The van der Waals surface area contributed by atoms with E-state index in [0.29, 0.717) is 5.33 Å². The molecule has 5 heteroatoms. The molecule has 1 unspecified atom stereocenters. The number of aromatic amines is 1. The minimum absolute atomic E-state index is 0.115. The second-order valence-corrected chi connectivity index (χ2v) is 4.66. The molecule has 1 heterocycles. The number of aromatic nitrogens is 1. The number of carbonyl (C=O) groups excluding carboxylic acids is 1. The van der Waals surface area contributed by atoms with Crippen LogP contribution in [-0.2, 0) is 0 Å². The summed E-state index contributed by atoms with van der Waals surface area (Å²) >= 11 is 3.37. The second kappa shape index (κ2) is 6.33. The van der Waals surface area contributed by atoms with Gasteiger partial charge in [-0.2, -0.15) is 0 Å². The highest BCUT2D eigenvalue weighted by molar-refractivity contribution is 9.09. The van der Waals surface area contributed by atoms with E-state index in [2.05, 4.69) is 26.2 Å². The molecule has 1 atom stereocenters. The first-order valence-electron chi connectivity index (χ1n) is 5.81. The third-order valence-electron chi connectivity index (χ3n) is 2.73. The third-order valence-corrected chi connectivity index (χ3v) is 3.38. The van der Waals surface area contributed by atoms with E-state index >= 15 is 0 Å². The van der Waals surface area contributed by atoms with Gasteiger partial charge in [-0.3, -0.25) is 9.59 Å². The molecule has 2 aromatic rings. The predicted octanol–water partition coefficient (Wildman–Crippen LogP) is 2.24. The van der Waals surface area contributed by atoms with Crippen LogP contribution in [-0.4, -0.2) is 16.2 Å². The van der Waals surface area contributed by atoms with Crippen LogP contribution in [0, 0.1) is 0 Å². The molecule has 0 spiro atoms. The molecule has 1 aromatic carbocycles. The SMILES string of the molecule is O=C(NC(CBr)c1ccccc1)c1c[nH]ccc1=O. The van der Waals surface area contributed by atoms with Gasteiger partial charge in [-0.1, -0.05) is 46.3 Å². The summed E-state index contributed by atoms with van der Waals surface area (Å²) in [6, 6.07) is 10.8. The maximum atomic E-state index is 12.1. The van der Waals surface area contributed by atoms with Crippen molar-refractivity contribution >= 4 is 21.8 Å². The number of H-pyrrole nitrogens is 1. The largest absolute Gasteiger partial charge is 0.367 e. The number of benzene rings is 1. The number of pyridine rings is 1. The van der Waals surface area contributed by atoms with E-state index in [4.69, 9.17) is 0 Å². The van der Waals surface area contributed by atoms with Gasteiger partial charge in [0.25, 0.3) is 5.91 Å². The Bertz CT molecular complexity index is 610. The van der Waals surface area contributed by atoms with E-state index in [-0.39, 0.29) is 22.9 Å². The summed E-state index contributed by atoms with van der Waals surface area (Å²) in [4.78, 5) is 26.4. The lowest BCUT2D eigenvalue weighted by Gasteiger charge is -2.16. The molecule has 0 saturated heterocycles. The number of alkyl halides is 1. The summed E-state index contributed by atoms with van der Waals surface area (Å²) in [5.74, 6) is -0.379. The Kier molecular flexibility index (Phi) is 4.52. The molecule has 1 amide bonds. The normalized spacial score (nSPS) is 11.8. The van der Waals surface area contributed by atoms with Crippen molar-refractivity contribution in [2.45, 2.75) is 6.04 Å². The maximum Gasteiger partial charge on any atom is 0.257 e. The second-order valence-electron chi connectivity index (χ2n) is 4.01. The van der Waals surface area contributed by atoms with E-state index in [1.54, 1.807) is 0 Å². The van der Waals surface area contributed by atoms with Gasteiger partial charge in [-0.15, -0.1) is 0 Å². The molecule has 2 N–H and O–H groups in total. The van der Waals surface area contributed by atoms with Crippen molar-refractivity contribution in [2.24, 2.45) is 0 Å². The van der Waals surface area contributed by atoms with Crippen LogP contribution < -0.4 is 10.7 Å². The first-order chi connectivity index (χ1) is 9.22. The molecule has 0 aliphatic rings. The maximum absolute atomic E-state index is 12.1. The Morgan fingerprint density at radius 3 is 2.63 bits per heavy atom. The van der Waals surface area contributed by atoms with Gasteiger partial charge in [0.15, 0.2) is 5.43 Å². The lowest BCUT2D eigenvalue weighted by atomic mass is 10.1. The van der Waals surface area contributed by atoms with Crippen LogP contribution in [0.3, 0.4) is 0 Å². The molecule has 98 valence electrons. The van der Waals surface area contributed by atoms with Gasteiger partial charge in [0.05, 0.1) is 6.04 Å². The van der Waals surface area contributed by atoms with Crippen LogP contribution in [0.5, 0.6) is 0 Å². The van der Waals surface area contributed by atoms with Gasteiger partial charge in [-0.25, -0.2) is 0 Å². The lowest BCUT2D eigenvalue weighted by molar-refractivity contribution is 0.0939. The highest BCUT2D eigenvalue weighted by atomic mass is 79.9. The van der Waals surface area contributed by atoms with Gasteiger partial charge in [0.1, 0.15) is 5.56 Å². The van der Waals surface area contributed by atoms with E-state index in [1.807, 2.05) is 30.3 Å². The molecule has 19 heavy (non-hydrogen) atoms. The minimum Gasteiger partial charge on any atom is -0.367 e. The Labute approximate surface area is 119 Å². The van der Waals surface area contributed by atoms with Crippen LogP contribution in [0.15, 0.2) is 53.6 Å². The lowest BCUT2D eigenvalue weighted by Crippen LogP contribution is -2.32. The van der Waals surface area contributed by atoms with Crippen molar-refractivity contribution in [3.63, 3.8) is 0 Å². The molecule has 0 bridgehead atoms. The van der Waals surface area contributed by atoms with E-state index in [0.717, 1.165) is 5.56 Å². The molecular formula is C14H13BrN2O2. The third kappa shape index (κ3) is 3.32. The van der Waals surface area contributed by atoms with Crippen molar-refractivity contribution in [2.75, 3.05) is 5.33 Å². The summed E-state index contributed by atoms with van der Waals surface area (Å²) in [6.07, 6.45) is 2.91. The average Bonchev–Trinajstić information content (AvgIpc) is 2.46. The first-order valence-corrected chi connectivity index (χ1v) is 6.93. The topological polar surface area (TPSA) is 62.0 Å². The summed E-state index contributed by atoms with van der Waals surface area (Å²) in [6.45, 7) is 0. The number of rotatable bonds is 4. The standard InChI is InChI=1S/C14H13BrN2O2/c15-8-12(10-4-2-1-3-5-10)17-14(19)11-9-16-7-6-13(11)18/h1-7,9,12H,8H2,(H,16,18)(H,17,19). The summed E-state index contributed by atoms with van der Waals surface area (Å²) in [7, 11) is 0. The number of halogens is 1. The van der Waals surface area contributed by atoms with Gasteiger partial charge in [-0.05, 0) is 5.56 Å². The monoisotopic (exact) mass is 320 g/mol. The first kappa shape index (κ1) is 13.5. The molecule has 0 aliphatic heterocycles. The number of hydrogen-bond acceptors (Lipinski definition) is 2. The van der Waals surface area contributed by atoms with Crippen LogP contribution in [0.4, 0.5) is 0 Å². The van der Waals surface area contributed by atoms with Gasteiger partial charge in [0, 0.05) is 23.8 Å². The smallest absolute Gasteiger partial charge is 0.257 e. The van der Waals surface area contributed by atoms with Crippen molar-refractivity contribution in [1.82, 2.24) is 10.3 Å². The highest BCUT2D eigenvalue weighted by Crippen LogP contribution is 2.15. The molecule has 0 saturated carbocycles. The average molecular weight is 321 g/mol. The van der Waals surface area contributed by atoms with Crippen LogP contribution in [0.2, 0.25) is 0 Å². The number of nitrogens with one attached hydrogen (secondary N) is 2. The van der Waals surface area contributed by atoms with Gasteiger partial charge >= 0.3 is 0 Å². The molecule has 0 radical (unpaired) electrons. The number of amides is 1. The fraction of sp³-hybridized carbons (Fsp3) is 0.143. The van der Waals surface area contributed by atoms with Crippen LogP contribution >= 0.6 is 15.9 Å². The van der Waals surface area contributed by atoms with E-state index in [1.165, 1.54) is 18.5 Å². The Morgan fingerprint density at radius 2 is 2.00 bits per heavy atom. The Balaban J connectivity index is 2.18. The van der Waals surface area contributed by atoms with Crippen molar-refractivity contribution in [3.05, 3.63) is 70.1 Å². The van der Waals surface area contributed by atoms with Gasteiger partial charge in [0.2, 0.25) is 0 Å². The molecule has 0 fully saturated rings. The fourth-order valence-corrected chi connectivity index (χ4v) is 2.26. The molecule has 0 aliphatic carbocycles. The van der Waals surface area contributed by atoms with Crippen molar-refractivity contribution in [1.29, 1.82) is 0 Å². The summed E-state index contributed by atoms with van der Waals surface area (Å²) < 4.78 is 0.